The Hall–Kier alpha value is -3.02. The number of rotatable bonds is 5. The number of carbonyl (C=O) groups excluding carboxylic acids is 2. The predicted molar refractivity (Wildman–Crippen MR) is 103 cm³/mol. The molecule has 1 atom stereocenters. The van der Waals surface area contributed by atoms with Gasteiger partial charge in [-0.15, -0.1) is 0 Å². The minimum absolute atomic E-state index is 0.0468. The van der Waals surface area contributed by atoms with Crippen molar-refractivity contribution < 1.29 is 14.3 Å². The Morgan fingerprint density at radius 3 is 2.44 bits per heavy atom. The molecule has 0 bridgehead atoms. The molecule has 3 amide bonds. The monoisotopic (exact) mass is 367 g/mol. The van der Waals surface area contributed by atoms with Gasteiger partial charge in [0.15, 0.2) is 0 Å². The Bertz CT molecular complexity index is 777. The standard InChI is InChI=1S/C21H25N3O3/c1-23(20(25)17-6-5-13-24(15-17)21(22)26)14-16-9-11-19(12-10-16)27-18-7-3-2-4-8-18/h2-4,7-12,17H,5-6,13-15H2,1H3,(H2,22,26)/t17-/m0/s1. The molecule has 1 saturated heterocycles. The van der Waals surface area contributed by atoms with Crippen LogP contribution in [0.4, 0.5) is 4.79 Å². The van der Waals surface area contributed by atoms with Crippen LogP contribution >= 0.6 is 0 Å². The van der Waals surface area contributed by atoms with E-state index in [0.29, 0.717) is 19.6 Å². The smallest absolute Gasteiger partial charge is 0.314 e. The summed E-state index contributed by atoms with van der Waals surface area (Å²) >= 11 is 0. The number of hydrogen-bond acceptors (Lipinski definition) is 3. The molecule has 27 heavy (non-hydrogen) atoms. The molecule has 0 radical (unpaired) electrons. The minimum Gasteiger partial charge on any atom is -0.457 e. The van der Waals surface area contributed by atoms with Gasteiger partial charge in [-0.1, -0.05) is 30.3 Å². The first-order valence-electron chi connectivity index (χ1n) is 9.14. The summed E-state index contributed by atoms with van der Waals surface area (Å²) < 4.78 is 5.79. The van der Waals surface area contributed by atoms with Crippen molar-refractivity contribution in [3.63, 3.8) is 0 Å². The largest absolute Gasteiger partial charge is 0.457 e. The Morgan fingerprint density at radius 2 is 1.78 bits per heavy atom. The Labute approximate surface area is 159 Å². The predicted octanol–water partition coefficient (Wildman–Crippen LogP) is 3.23. The van der Waals surface area contributed by atoms with Gasteiger partial charge in [0.25, 0.3) is 0 Å². The first kappa shape index (κ1) is 18.8. The van der Waals surface area contributed by atoms with Gasteiger partial charge in [0.1, 0.15) is 11.5 Å². The van der Waals surface area contributed by atoms with Crippen molar-refractivity contribution in [3.05, 3.63) is 60.2 Å². The van der Waals surface area contributed by atoms with E-state index in [1.807, 2.05) is 54.6 Å². The second-order valence-corrected chi connectivity index (χ2v) is 6.88. The van der Waals surface area contributed by atoms with E-state index in [1.54, 1.807) is 16.8 Å². The van der Waals surface area contributed by atoms with E-state index >= 15 is 0 Å². The maximum atomic E-state index is 12.7. The fraction of sp³-hybridized carbons (Fsp3) is 0.333. The van der Waals surface area contributed by atoms with Crippen molar-refractivity contribution in [2.24, 2.45) is 11.7 Å². The molecule has 3 rings (SSSR count). The molecule has 2 aromatic carbocycles. The molecular weight excluding hydrogens is 342 g/mol. The molecule has 0 aliphatic carbocycles. The summed E-state index contributed by atoms with van der Waals surface area (Å²) in [4.78, 5) is 27.3. The molecule has 6 nitrogen and oxygen atoms in total. The van der Waals surface area contributed by atoms with Gasteiger partial charge < -0.3 is 20.3 Å². The van der Waals surface area contributed by atoms with Crippen LogP contribution in [0.25, 0.3) is 0 Å². The van der Waals surface area contributed by atoms with E-state index in [2.05, 4.69) is 0 Å². The number of benzene rings is 2. The third kappa shape index (κ3) is 5.00. The van der Waals surface area contributed by atoms with Gasteiger partial charge in [0, 0.05) is 26.7 Å². The molecule has 1 aliphatic heterocycles. The van der Waals surface area contributed by atoms with Crippen molar-refractivity contribution in [1.82, 2.24) is 9.80 Å². The van der Waals surface area contributed by atoms with Crippen molar-refractivity contribution in [3.8, 4) is 11.5 Å². The highest BCUT2D eigenvalue weighted by molar-refractivity contribution is 5.80. The maximum Gasteiger partial charge on any atom is 0.314 e. The average molecular weight is 367 g/mol. The molecule has 1 aliphatic rings. The van der Waals surface area contributed by atoms with Crippen molar-refractivity contribution in [1.29, 1.82) is 0 Å². The molecular formula is C21H25N3O3. The highest BCUT2D eigenvalue weighted by Crippen LogP contribution is 2.22. The number of nitrogens with zero attached hydrogens (tertiary/aromatic N) is 2. The lowest BCUT2D eigenvalue weighted by Gasteiger charge is -2.33. The summed E-state index contributed by atoms with van der Waals surface area (Å²) in [6.07, 6.45) is 1.59. The number of primary amides is 1. The van der Waals surface area contributed by atoms with Crippen molar-refractivity contribution in [2.45, 2.75) is 19.4 Å². The van der Waals surface area contributed by atoms with E-state index in [-0.39, 0.29) is 11.8 Å². The third-order valence-electron chi connectivity index (χ3n) is 4.78. The second kappa shape index (κ2) is 8.58. The average Bonchev–Trinajstić information content (AvgIpc) is 2.69. The maximum absolute atomic E-state index is 12.7. The van der Waals surface area contributed by atoms with Gasteiger partial charge in [-0.05, 0) is 42.7 Å². The van der Waals surface area contributed by atoms with Crippen LogP contribution < -0.4 is 10.5 Å². The van der Waals surface area contributed by atoms with Gasteiger partial charge in [-0.25, -0.2) is 4.79 Å². The Kier molecular flexibility index (Phi) is 5.96. The zero-order valence-corrected chi connectivity index (χ0v) is 15.5. The van der Waals surface area contributed by atoms with Gasteiger partial charge >= 0.3 is 6.03 Å². The van der Waals surface area contributed by atoms with Crippen LogP contribution in [-0.4, -0.2) is 41.9 Å². The molecule has 142 valence electrons. The van der Waals surface area contributed by atoms with E-state index in [0.717, 1.165) is 29.9 Å². The van der Waals surface area contributed by atoms with Crippen LogP contribution in [-0.2, 0) is 11.3 Å². The summed E-state index contributed by atoms with van der Waals surface area (Å²) in [6, 6.07) is 16.9. The third-order valence-corrected chi connectivity index (χ3v) is 4.78. The first-order chi connectivity index (χ1) is 13.0. The van der Waals surface area contributed by atoms with Crippen LogP contribution in [0.1, 0.15) is 18.4 Å². The van der Waals surface area contributed by atoms with Crippen LogP contribution in [0.5, 0.6) is 11.5 Å². The molecule has 1 fully saturated rings. The van der Waals surface area contributed by atoms with Crippen LogP contribution in [0.15, 0.2) is 54.6 Å². The number of hydrogen-bond donors (Lipinski definition) is 1. The van der Waals surface area contributed by atoms with E-state index in [9.17, 15) is 9.59 Å². The first-order valence-corrected chi connectivity index (χ1v) is 9.14. The fourth-order valence-corrected chi connectivity index (χ4v) is 3.33. The van der Waals surface area contributed by atoms with Crippen LogP contribution in [0.2, 0.25) is 0 Å². The molecule has 0 saturated carbocycles. The van der Waals surface area contributed by atoms with Gasteiger partial charge in [-0.3, -0.25) is 4.79 Å². The summed E-state index contributed by atoms with van der Waals surface area (Å²) in [5.74, 6) is 1.40. The van der Waals surface area contributed by atoms with E-state index in [4.69, 9.17) is 10.5 Å². The van der Waals surface area contributed by atoms with Gasteiger partial charge in [-0.2, -0.15) is 0 Å². The molecule has 1 heterocycles. The van der Waals surface area contributed by atoms with Crippen molar-refractivity contribution in [2.75, 3.05) is 20.1 Å². The molecule has 2 N–H and O–H groups in total. The number of piperidine rings is 1. The number of likely N-dealkylation sites (tertiary alicyclic amines) is 1. The van der Waals surface area contributed by atoms with Gasteiger partial charge in [0.05, 0.1) is 5.92 Å². The molecule has 2 aromatic rings. The van der Waals surface area contributed by atoms with Crippen LogP contribution in [0, 0.1) is 5.92 Å². The number of amides is 3. The molecule has 0 aromatic heterocycles. The SMILES string of the molecule is CN(Cc1ccc(Oc2ccccc2)cc1)C(=O)[C@H]1CCCN(C(N)=O)C1. The lowest BCUT2D eigenvalue weighted by Crippen LogP contribution is -2.47. The summed E-state index contributed by atoms with van der Waals surface area (Å²) in [7, 11) is 1.79. The van der Waals surface area contributed by atoms with E-state index in [1.165, 1.54) is 0 Å². The molecule has 0 unspecified atom stereocenters. The quantitative estimate of drug-likeness (QED) is 0.881. The van der Waals surface area contributed by atoms with E-state index < -0.39 is 6.03 Å². The lowest BCUT2D eigenvalue weighted by molar-refractivity contribution is -0.136. The highest BCUT2D eigenvalue weighted by atomic mass is 16.5. The summed E-state index contributed by atoms with van der Waals surface area (Å²) in [5, 5.41) is 0. The molecule has 6 heteroatoms. The number of para-hydroxylation sites is 1. The minimum atomic E-state index is -0.454. The zero-order chi connectivity index (χ0) is 19.2. The second-order valence-electron chi connectivity index (χ2n) is 6.88. The molecule has 0 spiro atoms. The van der Waals surface area contributed by atoms with Crippen LogP contribution in [0.3, 0.4) is 0 Å². The summed E-state index contributed by atoms with van der Waals surface area (Å²) in [5.41, 5.74) is 6.37. The Morgan fingerprint density at radius 1 is 1.11 bits per heavy atom. The zero-order valence-electron chi connectivity index (χ0n) is 15.5. The number of nitrogens with two attached hydrogens (primary N) is 1. The van der Waals surface area contributed by atoms with Gasteiger partial charge in [0.2, 0.25) is 5.91 Å². The number of ether oxygens (including phenoxy) is 1. The highest BCUT2D eigenvalue weighted by Gasteiger charge is 2.29. The lowest BCUT2D eigenvalue weighted by atomic mass is 9.96. The number of urea groups is 1. The van der Waals surface area contributed by atoms with Crippen molar-refractivity contribution >= 4 is 11.9 Å². The fourth-order valence-electron chi connectivity index (χ4n) is 3.33. The topological polar surface area (TPSA) is 75.9 Å². The normalized spacial score (nSPS) is 16.6. The number of carbonyl (C=O) groups is 2. The Balaban J connectivity index is 1.56. The summed E-state index contributed by atoms with van der Waals surface area (Å²) in [6.45, 7) is 1.55.